The molecule has 0 radical (unpaired) electrons. The third-order valence-electron chi connectivity index (χ3n) is 7.64. The van der Waals surface area contributed by atoms with Gasteiger partial charge in [0.05, 0.1) is 5.56 Å². The van der Waals surface area contributed by atoms with E-state index < -0.39 is 17.6 Å². The van der Waals surface area contributed by atoms with E-state index in [0.29, 0.717) is 17.8 Å². The van der Waals surface area contributed by atoms with Crippen LogP contribution in [-0.2, 0) is 25.7 Å². The first-order valence-electron chi connectivity index (χ1n) is 13.2. The molecule has 2 aliphatic rings. The molecule has 2 aromatic carbocycles. The van der Waals surface area contributed by atoms with Gasteiger partial charge in [-0.05, 0) is 86.3 Å². The van der Waals surface area contributed by atoms with Gasteiger partial charge in [-0.2, -0.15) is 18.3 Å². The Morgan fingerprint density at radius 1 is 1.05 bits per heavy atom. The van der Waals surface area contributed by atoms with Crippen molar-refractivity contribution in [2.24, 2.45) is 0 Å². The summed E-state index contributed by atoms with van der Waals surface area (Å²) in [4.78, 5) is 21.8. The average Bonchev–Trinajstić information content (AvgIpc) is 3.65. The van der Waals surface area contributed by atoms with Crippen molar-refractivity contribution in [3.05, 3.63) is 82.2 Å². The average molecular weight is 535 g/mol. The predicted molar refractivity (Wildman–Crippen MR) is 144 cm³/mol. The van der Waals surface area contributed by atoms with Gasteiger partial charge in [0.1, 0.15) is 0 Å². The molecule has 202 valence electrons. The largest absolute Gasteiger partial charge is 0.416 e. The maximum atomic E-state index is 13.9. The minimum Gasteiger partial charge on any atom is -0.367 e. The molecular weight excluding hydrogens is 505 g/mol. The maximum absolute atomic E-state index is 13.9. The van der Waals surface area contributed by atoms with Crippen molar-refractivity contribution in [3.63, 3.8) is 0 Å². The molecule has 7 nitrogen and oxygen atoms in total. The van der Waals surface area contributed by atoms with Crippen LogP contribution in [0.4, 0.5) is 24.5 Å². The van der Waals surface area contributed by atoms with E-state index in [1.165, 1.54) is 6.07 Å². The highest BCUT2D eigenvalue weighted by molar-refractivity contribution is 6.05. The minimum atomic E-state index is -4.50. The van der Waals surface area contributed by atoms with Crippen LogP contribution in [0.1, 0.15) is 51.1 Å². The van der Waals surface area contributed by atoms with Gasteiger partial charge in [0, 0.05) is 53.8 Å². The molecule has 2 aromatic heterocycles. The summed E-state index contributed by atoms with van der Waals surface area (Å²) in [5, 5.41) is 10.8. The van der Waals surface area contributed by atoms with Crippen LogP contribution in [0.5, 0.6) is 0 Å². The molecule has 1 fully saturated rings. The van der Waals surface area contributed by atoms with Crippen LogP contribution in [0.2, 0.25) is 0 Å². The normalized spacial score (nSPS) is 15.7. The highest BCUT2D eigenvalue weighted by Gasteiger charge is 2.34. The number of nitrogens with zero attached hydrogens (tertiary/aromatic N) is 4. The van der Waals surface area contributed by atoms with Gasteiger partial charge in [0.2, 0.25) is 0 Å². The topological polar surface area (TPSA) is 77.1 Å². The van der Waals surface area contributed by atoms with E-state index in [2.05, 4.69) is 31.5 Å². The zero-order valence-corrected chi connectivity index (χ0v) is 21.6. The number of alkyl halides is 3. The van der Waals surface area contributed by atoms with E-state index in [4.69, 9.17) is 0 Å². The number of amides is 1. The molecule has 6 rings (SSSR count). The molecule has 0 bridgehead atoms. The minimum absolute atomic E-state index is 0.129. The van der Waals surface area contributed by atoms with Gasteiger partial charge in [0.25, 0.3) is 5.91 Å². The zero-order chi connectivity index (χ0) is 27.1. The van der Waals surface area contributed by atoms with Crippen molar-refractivity contribution in [2.75, 3.05) is 29.9 Å². The number of aromatic amines is 1. The second-order valence-electron chi connectivity index (χ2n) is 10.4. The quantitative estimate of drug-likeness (QED) is 0.332. The molecule has 2 N–H and O–H groups in total. The second kappa shape index (κ2) is 10.00. The summed E-state index contributed by atoms with van der Waals surface area (Å²) in [6, 6.07) is 11.6. The highest BCUT2D eigenvalue weighted by Crippen LogP contribution is 2.35. The number of carbonyl (C=O) groups excluding carboxylic acids is 1. The van der Waals surface area contributed by atoms with Gasteiger partial charge in [-0.1, -0.05) is 12.1 Å². The Kier molecular flexibility index (Phi) is 6.50. The van der Waals surface area contributed by atoms with Crippen molar-refractivity contribution in [1.29, 1.82) is 0 Å². The lowest BCUT2D eigenvalue weighted by Crippen LogP contribution is -2.22. The van der Waals surface area contributed by atoms with Gasteiger partial charge in [0.15, 0.2) is 5.65 Å². The molecule has 1 saturated heterocycles. The van der Waals surface area contributed by atoms with E-state index >= 15 is 0 Å². The number of anilines is 2. The Hall–Kier alpha value is -3.92. The first-order valence-corrected chi connectivity index (χ1v) is 13.2. The standard InChI is InChI=1S/C29H29F3N6O/c1-18-24-12-19(15-33-27(24)36-35-18)16-38-11-8-20-4-5-21(13-26(20)38)28(39)34-23-7-6-22(17-37-9-2-3-10-37)25(14-23)29(30,31)32/h4-7,12-15H,2-3,8-11,16-17H2,1H3,(H,34,39)(H,33,35,36). The number of H-pyrrole nitrogens is 1. The summed E-state index contributed by atoms with van der Waals surface area (Å²) in [6.07, 6.45) is 0.165. The van der Waals surface area contributed by atoms with Crippen LogP contribution in [0, 0.1) is 6.92 Å². The zero-order valence-electron chi connectivity index (χ0n) is 21.6. The number of aromatic nitrogens is 3. The van der Waals surface area contributed by atoms with Crippen molar-refractivity contribution in [3.8, 4) is 0 Å². The summed E-state index contributed by atoms with van der Waals surface area (Å²) in [5.74, 6) is -0.442. The number of fused-ring (bicyclic) bond motifs is 2. The molecule has 0 unspecified atom stereocenters. The number of benzene rings is 2. The van der Waals surface area contributed by atoms with Gasteiger partial charge in [-0.25, -0.2) is 4.98 Å². The summed E-state index contributed by atoms with van der Waals surface area (Å²) in [7, 11) is 0. The van der Waals surface area contributed by atoms with Crippen molar-refractivity contribution in [2.45, 2.75) is 45.5 Å². The first kappa shape index (κ1) is 25.4. The van der Waals surface area contributed by atoms with Crippen LogP contribution in [0.15, 0.2) is 48.7 Å². The molecule has 0 spiro atoms. The Bertz CT molecular complexity index is 1540. The van der Waals surface area contributed by atoms with Crippen molar-refractivity contribution >= 4 is 28.3 Å². The number of nitrogens with one attached hydrogen (secondary N) is 2. The SMILES string of the molecule is Cc1[nH]nc2ncc(CN3CCc4ccc(C(=O)Nc5ccc(CN6CCCC6)c(C(F)(F)F)c5)cc43)cc12. The Morgan fingerprint density at radius 3 is 2.67 bits per heavy atom. The van der Waals surface area contributed by atoms with Crippen LogP contribution >= 0.6 is 0 Å². The predicted octanol–water partition coefficient (Wildman–Crippen LogP) is 5.70. The van der Waals surface area contributed by atoms with E-state index in [1.807, 2.05) is 30.2 Å². The molecule has 4 aromatic rings. The number of rotatable bonds is 6. The Balaban J connectivity index is 1.20. The lowest BCUT2D eigenvalue weighted by molar-refractivity contribution is -0.138. The number of hydrogen-bond acceptors (Lipinski definition) is 5. The fourth-order valence-electron chi connectivity index (χ4n) is 5.56. The summed E-state index contributed by atoms with van der Waals surface area (Å²) in [6.45, 7) is 5.25. The Morgan fingerprint density at radius 2 is 1.87 bits per heavy atom. The number of halogens is 3. The molecule has 1 amide bonds. The summed E-state index contributed by atoms with van der Waals surface area (Å²) in [5.41, 5.74) is 4.80. The fourth-order valence-corrected chi connectivity index (χ4v) is 5.56. The van der Waals surface area contributed by atoms with E-state index in [9.17, 15) is 18.0 Å². The summed E-state index contributed by atoms with van der Waals surface area (Å²) >= 11 is 0. The third-order valence-corrected chi connectivity index (χ3v) is 7.64. The smallest absolute Gasteiger partial charge is 0.367 e. The maximum Gasteiger partial charge on any atom is 0.416 e. The van der Waals surface area contributed by atoms with Crippen LogP contribution in [0.25, 0.3) is 11.0 Å². The number of likely N-dealkylation sites (tertiary alicyclic amines) is 1. The molecule has 2 aliphatic heterocycles. The third kappa shape index (κ3) is 5.21. The molecule has 0 saturated carbocycles. The number of pyridine rings is 1. The molecule has 10 heteroatoms. The van der Waals surface area contributed by atoms with Crippen molar-refractivity contribution < 1.29 is 18.0 Å². The van der Waals surface area contributed by atoms with Gasteiger partial charge >= 0.3 is 6.18 Å². The number of carbonyl (C=O) groups is 1. The monoisotopic (exact) mass is 534 g/mol. The molecule has 0 aliphatic carbocycles. The lowest BCUT2D eigenvalue weighted by Gasteiger charge is -2.21. The first-order chi connectivity index (χ1) is 18.7. The number of aryl methyl sites for hydroxylation is 1. The van der Waals surface area contributed by atoms with Crippen LogP contribution in [0.3, 0.4) is 0 Å². The van der Waals surface area contributed by atoms with Gasteiger partial charge in [-0.3, -0.25) is 14.8 Å². The van der Waals surface area contributed by atoms with Crippen LogP contribution < -0.4 is 10.2 Å². The van der Waals surface area contributed by atoms with Gasteiger partial charge in [-0.15, -0.1) is 0 Å². The van der Waals surface area contributed by atoms with E-state index in [-0.39, 0.29) is 17.8 Å². The Labute approximate surface area is 224 Å². The van der Waals surface area contributed by atoms with Gasteiger partial charge < -0.3 is 10.2 Å². The fraction of sp³-hybridized carbons (Fsp3) is 0.345. The lowest BCUT2D eigenvalue weighted by atomic mass is 10.0. The molecule has 4 heterocycles. The molecule has 0 atom stereocenters. The second-order valence-corrected chi connectivity index (χ2v) is 10.4. The van der Waals surface area contributed by atoms with E-state index in [1.54, 1.807) is 12.1 Å². The summed E-state index contributed by atoms with van der Waals surface area (Å²) < 4.78 is 41.6. The number of hydrogen-bond donors (Lipinski definition) is 2. The van der Waals surface area contributed by atoms with Crippen molar-refractivity contribution in [1.82, 2.24) is 20.1 Å². The molecule has 39 heavy (non-hydrogen) atoms. The molecular formula is C29H29F3N6O. The van der Waals surface area contributed by atoms with Crippen LogP contribution in [-0.4, -0.2) is 45.6 Å². The van der Waals surface area contributed by atoms with E-state index in [0.717, 1.165) is 72.9 Å². The highest BCUT2D eigenvalue weighted by atomic mass is 19.4.